The maximum atomic E-state index is 5.92. The summed E-state index contributed by atoms with van der Waals surface area (Å²) in [5.74, 6) is 3.71. The van der Waals surface area contributed by atoms with Crippen molar-refractivity contribution in [2.45, 2.75) is 25.0 Å². The number of ether oxygens (including phenoxy) is 2. The van der Waals surface area contributed by atoms with Crippen LogP contribution >= 0.6 is 35.1 Å². The largest absolute Gasteiger partial charge is 0.493 e. The van der Waals surface area contributed by atoms with Crippen molar-refractivity contribution in [3.8, 4) is 11.5 Å². The van der Waals surface area contributed by atoms with Crippen LogP contribution in [0.15, 0.2) is 48.5 Å². The molecular formula is C21H25ClO2S2. The number of rotatable bonds is 10. The van der Waals surface area contributed by atoms with E-state index in [2.05, 4.69) is 32.1 Å². The molecule has 0 spiro atoms. The van der Waals surface area contributed by atoms with E-state index in [1.807, 2.05) is 59.9 Å². The molecule has 0 fully saturated rings. The Hall–Kier alpha value is -1.23. The number of halogens is 1. The first kappa shape index (κ1) is 21.1. The minimum Gasteiger partial charge on any atom is -0.493 e. The predicted octanol–water partition coefficient (Wildman–Crippen LogP) is 6.77. The Morgan fingerprint density at radius 1 is 1.00 bits per heavy atom. The molecule has 0 radical (unpaired) electrons. The Kier molecular flexibility index (Phi) is 9.30. The van der Waals surface area contributed by atoms with Crippen molar-refractivity contribution in [2.24, 2.45) is 0 Å². The van der Waals surface area contributed by atoms with E-state index < -0.39 is 0 Å². The molecule has 0 saturated carbocycles. The van der Waals surface area contributed by atoms with Crippen molar-refractivity contribution in [2.75, 3.05) is 18.6 Å². The lowest BCUT2D eigenvalue weighted by Gasteiger charge is -2.12. The zero-order chi connectivity index (χ0) is 18.8. The number of hydrogen-bond donors (Lipinski definition) is 0. The lowest BCUT2D eigenvalue weighted by Crippen LogP contribution is -1.98. The fourth-order valence-electron chi connectivity index (χ4n) is 2.33. The van der Waals surface area contributed by atoms with Crippen LogP contribution in [-0.2, 0) is 6.61 Å². The zero-order valence-electron chi connectivity index (χ0n) is 15.4. The summed E-state index contributed by atoms with van der Waals surface area (Å²) in [5.41, 5.74) is 2.18. The first-order chi connectivity index (χ1) is 12.7. The third-order valence-electron chi connectivity index (χ3n) is 3.60. The SMILES string of the molecule is CCSC(/C=C/c1ccc(OCc2ccc(Cl)cc2)c(OC)c1)SCC. The van der Waals surface area contributed by atoms with Gasteiger partial charge >= 0.3 is 0 Å². The molecule has 140 valence electrons. The van der Waals surface area contributed by atoms with Crippen molar-refractivity contribution < 1.29 is 9.47 Å². The van der Waals surface area contributed by atoms with Crippen LogP contribution in [0.4, 0.5) is 0 Å². The molecule has 0 unspecified atom stereocenters. The van der Waals surface area contributed by atoms with Gasteiger partial charge in [0.1, 0.15) is 6.61 Å². The van der Waals surface area contributed by atoms with Crippen LogP contribution in [0.25, 0.3) is 6.08 Å². The fraction of sp³-hybridized carbons (Fsp3) is 0.333. The lowest BCUT2D eigenvalue weighted by atomic mass is 10.2. The van der Waals surface area contributed by atoms with Crippen molar-refractivity contribution >= 4 is 41.2 Å². The molecule has 5 heteroatoms. The third kappa shape index (κ3) is 6.82. The second-order valence-corrected chi connectivity index (χ2v) is 9.04. The Balaban J connectivity index is 2.04. The summed E-state index contributed by atoms with van der Waals surface area (Å²) in [6.45, 7) is 4.86. The highest BCUT2D eigenvalue weighted by atomic mass is 35.5. The molecule has 0 atom stereocenters. The van der Waals surface area contributed by atoms with E-state index in [0.29, 0.717) is 11.2 Å². The summed E-state index contributed by atoms with van der Waals surface area (Å²) < 4.78 is 11.9. The van der Waals surface area contributed by atoms with Gasteiger partial charge in [-0.25, -0.2) is 0 Å². The van der Waals surface area contributed by atoms with Gasteiger partial charge in [-0.3, -0.25) is 0 Å². The lowest BCUT2D eigenvalue weighted by molar-refractivity contribution is 0.284. The summed E-state index contributed by atoms with van der Waals surface area (Å²) in [5, 5.41) is 0.725. The summed E-state index contributed by atoms with van der Waals surface area (Å²) in [6, 6.07) is 13.7. The van der Waals surface area contributed by atoms with Crippen molar-refractivity contribution in [1.29, 1.82) is 0 Å². The smallest absolute Gasteiger partial charge is 0.161 e. The zero-order valence-corrected chi connectivity index (χ0v) is 17.8. The quantitative estimate of drug-likeness (QED) is 0.403. The molecule has 0 aromatic heterocycles. The first-order valence-electron chi connectivity index (χ1n) is 8.63. The van der Waals surface area contributed by atoms with E-state index in [1.165, 1.54) is 0 Å². The Morgan fingerprint density at radius 3 is 2.31 bits per heavy atom. The Labute approximate surface area is 170 Å². The number of thioether (sulfide) groups is 2. The molecule has 0 saturated heterocycles. The fourth-order valence-corrected chi connectivity index (χ4v) is 4.69. The van der Waals surface area contributed by atoms with E-state index in [1.54, 1.807) is 7.11 Å². The highest BCUT2D eigenvalue weighted by Gasteiger charge is 2.07. The number of methoxy groups -OCH3 is 1. The first-order valence-corrected chi connectivity index (χ1v) is 11.1. The van der Waals surface area contributed by atoms with Gasteiger partial charge in [-0.15, -0.1) is 23.5 Å². The van der Waals surface area contributed by atoms with Gasteiger partial charge in [0.2, 0.25) is 0 Å². The average Bonchev–Trinajstić information content (AvgIpc) is 2.66. The normalized spacial score (nSPS) is 11.3. The topological polar surface area (TPSA) is 18.5 Å². The maximum absolute atomic E-state index is 5.92. The van der Waals surface area contributed by atoms with E-state index >= 15 is 0 Å². The highest BCUT2D eigenvalue weighted by Crippen LogP contribution is 2.30. The molecule has 26 heavy (non-hydrogen) atoms. The standard InChI is InChI=1S/C21H25ClO2S2/c1-4-25-21(26-5-2)13-9-16-8-12-19(20(14-16)23-3)24-15-17-6-10-18(22)11-7-17/h6-14,21H,4-5,15H2,1-3H3/b13-9+. The molecule has 0 aliphatic carbocycles. The van der Waals surface area contributed by atoms with Crippen molar-refractivity contribution in [3.63, 3.8) is 0 Å². The molecule has 0 aliphatic heterocycles. The number of benzene rings is 2. The molecule has 0 bridgehead atoms. The summed E-state index contributed by atoms with van der Waals surface area (Å²) >= 11 is 9.82. The molecule has 0 heterocycles. The van der Waals surface area contributed by atoms with E-state index in [9.17, 15) is 0 Å². The summed E-state index contributed by atoms with van der Waals surface area (Å²) in [7, 11) is 1.67. The van der Waals surface area contributed by atoms with Gasteiger partial charge in [0.25, 0.3) is 0 Å². The van der Waals surface area contributed by atoms with Crippen LogP contribution in [0.5, 0.6) is 11.5 Å². The minimum atomic E-state index is 0.477. The van der Waals surface area contributed by atoms with E-state index in [-0.39, 0.29) is 0 Å². The van der Waals surface area contributed by atoms with Crippen LogP contribution in [0.3, 0.4) is 0 Å². The van der Waals surface area contributed by atoms with Gasteiger partial charge in [-0.2, -0.15) is 0 Å². The van der Waals surface area contributed by atoms with Crippen LogP contribution in [0, 0.1) is 0 Å². The molecule has 2 rings (SSSR count). The van der Waals surface area contributed by atoms with Gasteiger partial charge in [0.15, 0.2) is 11.5 Å². The van der Waals surface area contributed by atoms with Crippen LogP contribution in [0.2, 0.25) is 5.02 Å². The van der Waals surface area contributed by atoms with E-state index in [4.69, 9.17) is 21.1 Å². The van der Waals surface area contributed by atoms with Gasteiger partial charge < -0.3 is 9.47 Å². The average molecular weight is 409 g/mol. The molecular weight excluding hydrogens is 384 g/mol. The van der Waals surface area contributed by atoms with Crippen LogP contribution < -0.4 is 9.47 Å². The third-order valence-corrected chi connectivity index (χ3v) is 6.31. The Bertz CT molecular complexity index is 696. The van der Waals surface area contributed by atoms with E-state index in [0.717, 1.165) is 39.2 Å². The van der Waals surface area contributed by atoms with Crippen LogP contribution in [-0.4, -0.2) is 23.2 Å². The molecule has 2 aromatic carbocycles. The monoisotopic (exact) mass is 408 g/mol. The summed E-state index contributed by atoms with van der Waals surface area (Å²) in [4.78, 5) is 0. The molecule has 0 amide bonds. The van der Waals surface area contributed by atoms with Crippen LogP contribution in [0.1, 0.15) is 25.0 Å². The number of hydrogen-bond acceptors (Lipinski definition) is 4. The Morgan fingerprint density at radius 2 is 1.69 bits per heavy atom. The predicted molar refractivity (Wildman–Crippen MR) is 118 cm³/mol. The molecule has 0 N–H and O–H groups in total. The molecule has 0 aliphatic rings. The second-order valence-electron chi connectivity index (χ2n) is 5.46. The molecule has 2 aromatic rings. The minimum absolute atomic E-state index is 0.477. The van der Waals surface area contributed by atoms with Crippen molar-refractivity contribution in [3.05, 3.63) is 64.7 Å². The molecule has 2 nitrogen and oxygen atoms in total. The summed E-state index contributed by atoms with van der Waals surface area (Å²) in [6.07, 6.45) is 4.41. The van der Waals surface area contributed by atoms with Gasteiger partial charge in [0.05, 0.1) is 11.7 Å². The maximum Gasteiger partial charge on any atom is 0.161 e. The highest BCUT2D eigenvalue weighted by molar-refractivity contribution is 8.17. The van der Waals surface area contributed by atoms with Gasteiger partial charge in [0, 0.05) is 5.02 Å². The van der Waals surface area contributed by atoms with Gasteiger partial charge in [-0.05, 0) is 46.9 Å². The van der Waals surface area contributed by atoms with Gasteiger partial charge in [-0.1, -0.05) is 55.8 Å². The second kappa shape index (κ2) is 11.5. The van der Waals surface area contributed by atoms with Crippen molar-refractivity contribution in [1.82, 2.24) is 0 Å².